The molecule has 4 rings (SSSR count). The number of benzene rings is 1. The standard InChI is InChI=1S/C31H37N9O8/c1-18(2)27(35-24(41)11-12-25(42)43)30(46)34-21(10-13-26(44)48-17-19-7-4-3-5-8-19)31(47)40-22(15-20-9-6-14-32-28(20)40)29(45)33-16-23-36-38-39-37-23/h3-9,14,18,21-22,27H,10-13,15-17H2,1-2H3,(H,33,45)(H,34,46)(H,35,41)(H,42,43)(H,36,37,38,39)/t21-,22-,27-/m0/s1. The number of esters is 1. The van der Waals surface area contributed by atoms with Crippen molar-refractivity contribution >= 4 is 41.4 Å². The van der Waals surface area contributed by atoms with Crippen LogP contribution in [0.1, 0.15) is 56.5 Å². The van der Waals surface area contributed by atoms with Crippen LogP contribution in [0.5, 0.6) is 0 Å². The van der Waals surface area contributed by atoms with Crippen molar-refractivity contribution in [1.82, 2.24) is 41.6 Å². The lowest BCUT2D eigenvalue weighted by atomic mass is 10.0. The number of ether oxygens (including phenoxy) is 1. The molecule has 0 aliphatic carbocycles. The molecule has 17 heteroatoms. The normalized spacial score (nSPS) is 14.8. The van der Waals surface area contributed by atoms with E-state index in [0.717, 1.165) is 5.56 Å². The molecule has 3 heterocycles. The van der Waals surface area contributed by atoms with Crippen molar-refractivity contribution in [3.05, 3.63) is 65.6 Å². The lowest BCUT2D eigenvalue weighted by Gasteiger charge is -2.30. The number of carboxylic acids is 1. The van der Waals surface area contributed by atoms with Gasteiger partial charge in [-0.15, -0.1) is 10.2 Å². The number of anilines is 1. The number of amides is 4. The summed E-state index contributed by atoms with van der Waals surface area (Å²) >= 11 is 0. The van der Waals surface area contributed by atoms with Crippen molar-refractivity contribution in [2.24, 2.45) is 5.92 Å². The summed E-state index contributed by atoms with van der Waals surface area (Å²) in [5.41, 5.74) is 1.38. The fourth-order valence-corrected chi connectivity index (χ4v) is 5.02. The summed E-state index contributed by atoms with van der Waals surface area (Å²) in [4.78, 5) is 83.0. The van der Waals surface area contributed by atoms with E-state index in [-0.39, 0.29) is 50.5 Å². The van der Waals surface area contributed by atoms with Crippen molar-refractivity contribution < 1.29 is 38.6 Å². The van der Waals surface area contributed by atoms with Crippen LogP contribution in [0.15, 0.2) is 48.7 Å². The maximum Gasteiger partial charge on any atom is 0.306 e. The van der Waals surface area contributed by atoms with Gasteiger partial charge in [-0.25, -0.2) is 4.98 Å². The van der Waals surface area contributed by atoms with Crippen LogP contribution in [0.3, 0.4) is 0 Å². The van der Waals surface area contributed by atoms with E-state index < -0.39 is 66.0 Å². The van der Waals surface area contributed by atoms with Gasteiger partial charge in [-0.05, 0) is 29.5 Å². The quantitative estimate of drug-likeness (QED) is 0.129. The number of nitrogens with one attached hydrogen (secondary N) is 4. The fourth-order valence-electron chi connectivity index (χ4n) is 5.02. The lowest BCUT2D eigenvalue weighted by molar-refractivity contribution is -0.145. The fraction of sp³-hybridized carbons (Fsp3) is 0.419. The smallest absolute Gasteiger partial charge is 0.306 e. The largest absolute Gasteiger partial charge is 0.481 e. The van der Waals surface area contributed by atoms with Gasteiger partial charge in [-0.2, -0.15) is 5.21 Å². The number of carbonyl (C=O) groups excluding carboxylic acids is 5. The van der Waals surface area contributed by atoms with Crippen molar-refractivity contribution in [2.75, 3.05) is 4.90 Å². The van der Waals surface area contributed by atoms with Gasteiger partial charge in [0.1, 0.15) is 30.6 Å². The molecule has 3 atom stereocenters. The molecule has 0 unspecified atom stereocenters. The Morgan fingerprint density at radius 3 is 2.48 bits per heavy atom. The van der Waals surface area contributed by atoms with Crippen molar-refractivity contribution in [3.63, 3.8) is 0 Å². The van der Waals surface area contributed by atoms with E-state index in [1.165, 1.54) is 11.1 Å². The van der Waals surface area contributed by atoms with Crippen LogP contribution in [-0.2, 0) is 53.1 Å². The number of aromatic amines is 1. The lowest BCUT2D eigenvalue weighted by Crippen LogP contribution is -2.58. The van der Waals surface area contributed by atoms with E-state index in [2.05, 4.69) is 41.6 Å². The summed E-state index contributed by atoms with van der Waals surface area (Å²) in [6.45, 7) is 3.28. The molecule has 3 aromatic rings. The molecular formula is C31H37N9O8. The molecule has 0 radical (unpaired) electrons. The van der Waals surface area contributed by atoms with Crippen molar-refractivity contribution in [3.8, 4) is 0 Å². The van der Waals surface area contributed by atoms with E-state index in [0.29, 0.717) is 5.56 Å². The van der Waals surface area contributed by atoms with Gasteiger partial charge in [0.15, 0.2) is 5.82 Å². The van der Waals surface area contributed by atoms with E-state index >= 15 is 0 Å². The van der Waals surface area contributed by atoms with Crippen LogP contribution in [-0.4, -0.2) is 84.4 Å². The first-order chi connectivity index (χ1) is 23.0. The molecule has 17 nitrogen and oxygen atoms in total. The van der Waals surface area contributed by atoms with Gasteiger partial charge in [-0.3, -0.25) is 33.7 Å². The topological polar surface area (TPSA) is 239 Å². The molecule has 1 aromatic carbocycles. The Morgan fingerprint density at radius 2 is 1.79 bits per heavy atom. The van der Waals surface area contributed by atoms with Crippen LogP contribution < -0.4 is 20.9 Å². The Balaban J connectivity index is 1.55. The minimum absolute atomic E-state index is 0.00842. The number of fused-ring (bicyclic) bond motifs is 1. The Bertz CT molecular complexity index is 1600. The number of aliphatic carboxylic acids is 1. The Kier molecular flexibility index (Phi) is 12.2. The number of H-pyrrole nitrogens is 1. The van der Waals surface area contributed by atoms with Gasteiger partial charge in [-0.1, -0.05) is 55.5 Å². The summed E-state index contributed by atoms with van der Waals surface area (Å²) in [6.07, 6.45) is 0.348. The SMILES string of the molecule is CC(C)[C@H](NC(=O)CCC(=O)O)C(=O)N[C@@H](CCC(=O)OCc1ccccc1)C(=O)N1c2ncccc2C[C@H]1C(=O)NCc1nn[nH]n1. The molecule has 0 saturated carbocycles. The Labute approximate surface area is 275 Å². The second kappa shape index (κ2) is 16.7. The Hall–Kier alpha value is -5.74. The second-order valence-corrected chi connectivity index (χ2v) is 11.4. The number of rotatable bonds is 16. The number of carboxylic acid groups (broad SMARTS) is 1. The molecule has 2 aromatic heterocycles. The highest BCUT2D eigenvalue weighted by Gasteiger charge is 2.42. The van der Waals surface area contributed by atoms with Gasteiger partial charge < -0.3 is 25.8 Å². The molecule has 254 valence electrons. The van der Waals surface area contributed by atoms with E-state index in [1.807, 2.05) is 6.07 Å². The average Bonchev–Trinajstić information content (AvgIpc) is 3.74. The third-order valence-electron chi connectivity index (χ3n) is 7.50. The molecule has 1 aliphatic heterocycles. The Morgan fingerprint density at radius 1 is 1.02 bits per heavy atom. The predicted octanol–water partition coefficient (Wildman–Crippen LogP) is 0.183. The van der Waals surface area contributed by atoms with Crippen LogP contribution in [0.25, 0.3) is 0 Å². The number of carbonyl (C=O) groups is 6. The first-order valence-corrected chi connectivity index (χ1v) is 15.3. The summed E-state index contributed by atoms with van der Waals surface area (Å²) in [7, 11) is 0. The van der Waals surface area contributed by atoms with E-state index in [4.69, 9.17) is 9.84 Å². The number of nitrogens with zero attached hydrogens (tertiary/aromatic N) is 5. The number of hydrogen-bond donors (Lipinski definition) is 5. The average molecular weight is 664 g/mol. The maximum atomic E-state index is 14.3. The molecule has 1 aliphatic rings. The summed E-state index contributed by atoms with van der Waals surface area (Å²) in [5.74, 6) is -4.45. The number of tetrazole rings is 1. The molecule has 0 bridgehead atoms. The zero-order valence-corrected chi connectivity index (χ0v) is 26.4. The van der Waals surface area contributed by atoms with E-state index in [9.17, 15) is 28.8 Å². The summed E-state index contributed by atoms with van der Waals surface area (Å²) in [6, 6.07) is 8.86. The van der Waals surface area contributed by atoms with Crippen LogP contribution >= 0.6 is 0 Å². The highest BCUT2D eigenvalue weighted by atomic mass is 16.5. The maximum absolute atomic E-state index is 14.3. The van der Waals surface area contributed by atoms with Crippen molar-refractivity contribution in [2.45, 2.75) is 77.2 Å². The predicted molar refractivity (Wildman–Crippen MR) is 166 cm³/mol. The molecular weight excluding hydrogens is 626 g/mol. The van der Waals surface area contributed by atoms with E-state index in [1.54, 1.807) is 50.2 Å². The van der Waals surface area contributed by atoms with Crippen molar-refractivity contribution in [1.29, 1.82) is 0 Å². The number of aromatic nitrogens is 5. The van der Waals surface area contributed by atoms with Gasteiger partial charge in [0, 0.05) is 25.5 Å². The third-order valence-corrected chi connectivity index (χ3v) is 7.50. The molecule has 0 fully saturated rings. The highest BCUT2D eigenvalue weighted by Crippen LogP contribution is 2.31. The van der Waals surface area contributed by atoms with Gasteiger partial charge in [0.05, 0.1) is 13.0 Å². The molecule has 0 saturated heterocycles. The zero-order valence-electron chi connectivity index (χ0n) is 26.4. The summed E-state index contributed by atoms with van der Waals surface area (Å²) < 4.78 is 5.38. The third kappa shape index (κ3) is 9.63. The van der Waals surface area contributed by atoms with Gasteiger partial charge in [0.25, 0.3) is 5.91 Å². The molecule has 48 heavy (non-hydrogen) atoms. The molecule has 5 N–H and O–H groups in total. The van der Waals surface area contributed by atoms with Crippen LogP contribution in [0, 0.1) is 5.92 Å². The van der Waals surface area contributed by atoms with Crippen LogP contribution in [0.4, 0.5) is 5.82 Å². The monoisotopic (exact) mass is 663 g/mol. The first-order valence-electron chi connectivity index (χ1n) is 15.3. The number of hydrogen-bond acceptors (Lipinski definition) is 11. The van der Waals surface area contributed by atoms with Gasteiger partial charge >= 0.3 is 11.9 Å². The molecule has 0 spiro atoms. The molecule has 4 amide bonds. The zero-order chi connectivity index (χ0) is 34.6. The number of pyridine rings is 1. The highest BCUT2D eigenvalue weighted by molar-refractivity contribution is 6.06. The van der Waals surface area contributed by atoms with Gasteiger partial charge in [0.2, 0.25) is 17.7 Å². The minimum Gasteiger partial charge on any atom is -0.481 e. The van der Waals surface area contributed by atoms with Crippen LogP contribution in [0.2, 0.25) is 0 Å². The minimum atomic E-state index is -1.35. The first kappa shape index (κ1) is 35.1. The summed E-state index contributed by atoms with van der Waals surface area (Å²) in [5, 5.41) is 30.2. The second-order valence-electron chi connectivity index (χ2n) is 11.4.